The molecular weight excluding hydrogens is 324 g/mol. The fourth-order valence-corrected chi connectivity index (χ4v) is 12.6. The monoisotopic (exact) mass is 350 g/mol. The molecule has 3 rings (SSSR count). The van der Waals surface area contributed by atoms with Crippen molar-refractivity contribution >= 4 is 16.9 Å². The van der Waals surface area contributed by atoms with Crippen LogP contribution >= 0.6 is 0 Å². The van der Waals surface area contributed by atoms with Crippen LogP contribution in [0.25, 0.3) is 0 Å². The first kappa shape index (κ1) is 17.1. The third-order valence-corrected chi connectivity index (χ3v) is 16.5. The van der Waals surface area contributed by atoms with E-state index in [4.69, 9.17) is 4.43 Å². The van der Waals surface area contributed by atoms with Crippen molar-refractivity contribution in [3.05, 3.63) is 95.3 Å². The summed E-state index contributed by atoms with van der Waals surface area (Å²) < 4.78 is 6.08. The Kier molecular flexibility index (Phi) is 5.66. The molecule has 24 heavy (non-hydrogen) atoms. The van der Waals surface area contributed by atoms with Gasteiger partial charge in [-0.05, 0) is 36.4 Å². The van der Waals surface area contributed by atoms with Gasteiger partial charge in [-0.15, -0.1) is 13.2 Å². The van der Waals surface area contributed by atoms with Crippen molar-refractivity contribution in [2.24, 2.45) is 0 Å². The quantitative estimate of drug-likeness (QED) is 0.712. The molecule has 1 heterocycles. The van der Waals surface area contributed by atoms with Gasteiger partial charge in [0.15, 0.2) is 9.28 Å². The van der Waals surface area contributed by atoms with E-state index in [-0.39, 0.29) is 0 Å². The second-order valence-corrected chi connectivity index (χ2v) is 16.0. The maximum Gasteiger partial charge on any atom is 0.160 e. The number of rotatable bonds is 6. The molecule has 0 radical (unpaired) electrons. The second-order valence-electron chi connectivity index (χ2n) is 6.77. The van der Waals surface area contributed by atoms with Crippen LogP contribution in [-0.2, 0) is 17.3 Å². The van der Waals surface area contributed by atoms with Gasteiger partial charge in [-0.25, -0.2) is 0 Å². The Balaban J connectivity index is 1.81. The van der Waals surface area contributed by atoms with E-state index in [0.717, 1.165) is 19.4 Å². The Bertz CT molecular complexity index is 633. The van der Waals surface area contributed by atoms with Gasteiger partial charge in [0, 0.05) is 6.61 Å². The van der Waals surface area contributed by atoms with Crippen molar-refractivity contribution in [2.75, 3.05) is 6.61 Å². The Labute approximate surface area is 148 Å². The summed E-state index contributed by atoms with van der Waals surface area (Å²) in [5, 5.41) is 2.86. The first-order valence-electron chi connectivity index (χ1n) is 8.73. The zero-order chi connectivity index (χ0) is 16.8. The van der Waals surface area contributed by atoms with Crippen molar-refractivity contribution in [1.29, 1.82) is 0 Å². The minimum Gasteiger partial charge on any atom is -0.426 e. The molecule has 0 N–H and O–H groups in total. The number of benzene rings is 2. The van der Waals surface area contributed by atoms with Crippen LogP contribution < -0.4 is 0 Å². The summed E-state index contributed by atoms with van der Waals surface area (Å²) in [4.78, 5) is 0. The lowest BCUT2D eigenvalue weighted by atomic mass is 10.1. The molecule has 0 saturated carbocycles. The van der Waals surface area contributed by atoms with Crippen molar-refractivity contribution in [1.82, 2.24) is 0 Å². The number of hydrogen-bond donors (Lipinski definition) is 0. The lowest BCUT2D eigenvalue weighted by Crippen LogP contribution is -2.51. The molecule has 0 spiro atoms. The predicted molar refractivity (Wildman–Crippen MR) is 108 cm³/mol. The van der Waals surface area contributed by atoms with E-state index in [9.17, 15) is 0 Å². The predicted octanol–water partition coefficient (Wildman–Crippen LogP) is 4.11. The van der Waals surface area contributed by atoms with Crippen molar-refractivity contribution in [3.8, 4) is 0 Å². The highest BCUT2D eigenvalue weighted by Crippen LogP contribution is 2.33. The molecule has 124 valence electrons. The molecule has 1 nitrogen and oxygen atoms in total. The Hall–Kier alpha value is -1.69. The van der Waals surface area contributed by atoms with Crippen LogP contribution in [0.1, 0.15) is 17.5 Å². The number of allylic oxidation sites excluding steroid dienone is 2. The molecular formula is C21H26OSi2. The van der Waals surface area contributed by atoms with Crippen LogP contribution in [0.4, 0.5) is 0 Å². The third-order valence-electron chi connectivity index (χ3n) is 5.11. The van der Waals surface area contributed by atoms with Gasteiger partial charge in [0.2, 0.25) is 0 Å². The SMILES string of the molecule is C=C(Cc1ccccc1)[Si]1(C(=C)Cc2ccccc2)CCCO[SiH2]1. The fourth-order valence-electron chi connectivity index (χ4n) is 3.63. The first-order valence-corrected chi connectivity index (χ1v) is 13.8. The van der Waals surface area contributed by atoms with Crippen LogP contribution in [-0.4, -0.2) is 23.5 Å². The largest absolute Gasteiger partial charge is 0.426 e. The van der Waals surface area contributed by atoms with E-state index in [2.05, 4.69) is 73.8 Å². The molecule has 1 aliphatic heterocycles. The highest BCUT2D eigenvalue weighted by Gasteiger charge is 2.41. The van der Waals surface area contributed by atoms with Gasteiger partial charge in [0.25, 0.3) is 0 Å². The third kappa shape index (κ3) is 3.86. The summed E-state index contributed by atoms with van der Waals surface area (Å²) in [6.07, 6.45) is 3.13. The van der Waals surface area contributed by atoms with Crippen LogP contribution in [0.2, 0.25) is 6.04 Å². The molecule has 0 aromatic heterocycles. The van der Waals surface area contributed by atoms with E-state index in [1.54, 1.807) is 0 Å². The molecule has 1 saturated heterocycles. The van der Waals surface area contributed by atoms with Gasteiger partial charge < -0.3 is 4.43 Å². The van der Waals surface area contributed by atoms with E-state index < -0.39 is 16.9 Å². The van der Waals surface area contributed by atoms with Crippen molar-refractivity contribution < 1.29 is 4.43 Å². The normalized spacial score (nSPS) is 17.5. The number of hydrogen-bond acceptors (Lipinski definition) is 1. The van der Waals surface area contributed by atoms with Gasteiger partial charge in [-0.2, -0.15) is 0 Å². The second kappa shape index (κ2) is 7.92. The van der Waals surface area contributed by atoms with Crippen LogP contribution in [0, 0.1) is 0 Å². The summed E-state index contributed by atoms with van der Waals surface area (Å²) in [7, 11) is -2.30. The maximum absolute atomic E-state index is 6.08. The Morgan fingerprint density at radius 1 is 0.875 bits per heavy atom. The van der Waals surface area contributed by atoms with E-state index in [1.807, 2.05) is 0 Å². The van der Waals surface area contributed by atoms with E-state index in [0.29, 0.717) is 0 Å². The molecule has 0 atom stereocenters. The van der Waals surface area contributed by atoms with Gasteiger partial charge in [-0.1, -0.05) is 71.1 Å². The average Bonchev–Trinajstić information content (AvgIpc) is 2.64. The smallest absolute Gasteiger partial charge is 0.160 e. The summed E-state index contributed by atoms with van der Waals surface area (Å²) >= 11 is 0. The molecule has 0 amide bonds. The van der Waals surface area contributed by atoms with Crippen molar-refractivity contribution in [2.45, 2.75) is 25.3 Å². The minimum atomic E-state index is -1.73. The van der Waals surface area contributed by atoms with Crippen LogP contribution in [0.5, 0.6) is 0 Å². The molecule has 0 aliphatic carbocycles. The van der Waals surface area contributed by atoms with Crippen molar-refractivity contribution in [3.63, 3.8) is 0 Å². The molecule has 0 unspecified atom stereocenters. The van der Waals surface area contributed by atoms with Crippen LogP contribution in [0.3, 0.4) is 0 Å². The van der Waals surface area contributed by atoms with Gasteiger partial charge in [0.05, 0.1) is 0 Å². The molecule has 1 aliphatic rings. The molecule has 1 fully saturated rings. The van der Waals surface area contributed by atoms with Gasteiger partial charge in [-0.3, -0.25) is 0 Å². The average molecular weight is 351 g/mol. The van der Waals surface area contributed by atoms with E-state index in [1.165, 1.54) is 34.0 Å². The zero-order valence-corrected chi connectivity index (χ0v) is 16.8. The summed E-state index contributed by atoms with van der Waals surface area (Å²) in [5.74, 6) is 0. The summed E-state index contributed by atoms with van der Waals surface area (Å²) in [6.45, 7) is 10.1. The minimum absolute atomic E-state index is 0.571. The fraction of sp³-hybridized carbons (Fsp3) is 0.238. The van der Waals surface area contributed by atoms with Gasteiger partial charge in [0.1, 0.15) is 7.59 Å². The highest BCUT2D eigenvalue weighted by molar-refractivity contribution is 7.30. The summed E-state index contributed by atoms with van der Waals surface area (Å²) in [5.41, 5.74) is 2.72. The first-order chi connectivity index (χ1) is 11.7. The van der Waals surface area contributed by atoms with Crippen LogP contribution in [0.15, 0.2) is 84.2 Å². The summed E-state index contributed by atoms with van der Waals surface area (Å²) in [6, 6.07) is 22.7. The topological polar surface area (TPSA) is 9.23 Å². The standard InChI is InChI=1S/C21H26OSi2/c1-18(16-20-10-5-3-6-11-20)24(15-9-14-22-23-24)19(2)17-21-12-7-4-8-13-21/h3-8,10-13H,1-2,9,14-17,23H2. The molecule has 0 bridgehead atoms. The molecule has 2 aromatic carbocycles. The Morgan fingerprint density at radius 2 is 1.38 bits per heavy atom. The Morgan fingerprint density at radius 3 is 1.79 bits per heavy atom. The molecule has 3 heteroatoms. The maximum atomic E-state index is 6.08. The molecule has 2 aromatic rings. The van der Waals surface area contributed by atoms with Gasteiger partial charge >= 0.3 is 0 Å². The lowest BCUT2D eigenvalue weighted by Gasteiger charge is -2.38. The lowest BCUT2D eigenvalue weighted by molar-refractivity contribution is 0.334. The highest BCUT2D eigenvalue weighted by atomic mass is 29.2. The zero-order valence-electron chi connectivity index (χ0n) is 14.3. The van der Waals surface area contributed by atoms with E-state index >= 15 is 0 Å².